The summed E-state index contributed by atoms with van der Waals surface area (Å²) in [6.45, 7) is 0. The molecule has 124 valence electrons. The molecule has 1 amide bonds. The van der Waals surface area contributed by atoms with E-state index in [1.807, 2.05) is 0 Å². The van der Waals surface area contributed by atoms with Crippen molar-refractivity contribution in [3.8, 4) is 5.75 Å². The molecule has 1 aromatic rings. The minimum atomic E-state index is -1.24. The molecule has 0 saturated heterocycles. The van der Waals surface area contributed by atoms with Crippen LogP contribution < -0.4 is 15.2 Å². The third-order valence-electron chi connectivity index (χ3n) is 4.06. The molecule has 0 aliphatic heterocycles. The van der Waals surface area contributed by atoms with Gasteiger partial charge in [0.05, 0.1) is 17.7 Å². The standard InChI is InChI=1S/C15H18N2O6/c1-23-13-7-6-9(17(21)22)8-12(13)16-14(18)10-4-2-3-5-11(10)15(19)20/h6-8,10-11H,2-5H2,1H3,(H,16,18)(H,19,20)/p-1/t10-,11+/m1/s1. The lowest BCUT2D eigenvalue weighted by molar-refractivity contribution is -0.384. The highest BCUT2D eigenvalue weighted by atomic mass is 16.6. The molecule has 1 aliphatic carbocycles. The van der Waals surface area contributed by atoms with Gasteiger partial charge in [-0.3, -0.25) is 14.9 Å². The zero-order valence-electron chi connectivity index (χ0n) is 12.6. The summed E-state index contributed by atoms with van der Waals surface area (Å²) in [5, 5.41) is 24.6. The van der Waals surface area contributed by atoms with Crippen molar-refractivity contribution in [3.05, 3.63) is 28.3 Å². The lowest BCUT2D eigenvalue weighted by Crippen LogP contribution is -2.42. The van der Waals surface area contributed by atoms with Crippen molar-refractivity contribution in [1.82, 2.24) is 0 Å². The highest BCUT2D eigenvalue weighted by Crippen LogP contribution is 2.33. The van der Waals surface area contributed by atoms with Crippen molar-refractivity contribution >= 4 is 23.3 Å². The quantitative estimate of drug-likeness (QED) is 0.640. The number of hydrogen-bond acceptors (Lipinski definition) is 6. The van der Waals surface area contributed by atoms with Crippen LogP contribution in [0.3, 0.4) is 0 Å². The Morgan fingerprint density at radius 3 is 2.48 bits per heavy atom. The Hall–Kier alpha value is -2.64. The molecule has 0 bridgehead atoms. The molecule has 8 nitrogen and oxygen atoms in total. The molecule has 0 spiro atoms. The number of methoxy groups -OCH3 is 1. The van der Waals surface area contributed by atoms with E-state index in [1.165, 1.54) is 25.3 Å². The third-order valence-corrected chi connectivity index (χ3v) is 4.06. The van der Waals surface area contributed by atoms with Gasteiger partial charge in [-0.05, 0) is 18.9 Å². The number of nitrogens with zero attached hydrogens (tertiary/aromatic N) is 1. The van der Waals surface area contributed by atoms with Crippen molar-refractivity contribution in [2.24, 2.45) is 11.8 Å². The number of nitro groups is 1. The minimum Gasteiger partial charge on any atom is -0.550 e. The van der Waals surface area contributed by atoms with E-state index in [4.69, 9.17) is 4.74 Å². The van der Waals surface area contributed by atoms with E-state index >= 15 is 0 Å². The van der Waals surface area contributed by atoms with Gasteiger partial charge in [-0.1, -0.05) is 12.8 Å². The SMILES string of the molecule is COc1ccc([N+](=O)[O-])cc1NC(=O)[C@@H]1CCCC[C@@H]1C(=O)[O-]. The minimum absolute atomic E-state index is 0.148. The number of hydrogen-bond donors (Lipinski definition) is 1. The number of amides is 1. The van der Waals surface area contributed by atoms with Crippen molar-refractivity contribution in [1.29, 1.82) is 0 Å². The molecule has 0 heterocycles. The zero-order valence-corrected chi connectivity index (χ0v) is 12.6. The molecule has 1 saturated carbocycles. The van der Waals surface area contributed by atoms with Gasteiger partial charge in [-0.15, -0.1) is 0 Å². The van der Waals surface area contributed by atoms with E-state index in [2.05, 4.69) is 5.32 Å². The van der Waals surface area contributed by atoms with Crippen molar-refractivity contribution in [3.63, 3.8) is 0 Å². The molecular formula is C15H17N2O6-. The van der Waals surface area contributed by atoms with E-state index < -0.39 is 28.6 Å². The summed E-state index contributed by atoms with van der Waals surface area (Å²) >= 11 is 0. The second-order valence-corrected chi connectivity index (χ2v) is 5.45. The van der Waals surface area contributed by atoms with Gasteiger partial charge < -0.3 is 20.0 Å². The Bertz CT molecular complexity index is 630. The fraction of sp³-hybridized carbons (Fsp3) is 0.467. The van der Waals surface area contributed by atoms with Gasteiger partial charge >= 0.3 is 0 Å². The number of rotatable bonds is 5. The number of nitrogens with one attached hydrogen (secondary N) is 1. The predicted octanol–water partition coefficient (Wildman–Crippen LogP) is 1.10. The molecule has 1 N–H and O–H groups in total. The summed E-state index contributed by atoms with van der Waals surface area (Å²) in [5.74, 6) is -3.01. The average molecular weight is 321 g/mol. The van der Waals surface area contributed by atoms with Crippen LogP contribution in [0.1, 0.15) is 25.7 Å². The summed E-state index contributed by atoms with van der Waals surface area (Å²) < 4.78 is 5.08. The number of carbonyl (C=O) groups is 2. The number of carboxylic acids is 1. The van der Waals surface area contributed by atoms with E-state index in [-0.39, 0.29) is 17.1 Å². The van der Waals surface area contributed by atoms with Crippen LogP contribution in [0.15, 0.2) is 18.2 Å². The summed E-state index contributed by atoms with van der Waals surface area (Å²) in [6, 6.07) is 3.83. The topological polar surface area (TPSA) is 122 Å². The first-order chi connectivity index (χ1) is 10.9. The molecule has 23 heavy (non-hydrogen) atoms. The maximum atomic E-state index is 12.4. The molecule has 0 aromatic heterocycles. The number of anilines is 1. The number of aliphatic carboxylic acids is 1. The van der Waals surface area contributed by atoms with Crippen LogP contribution >= 0.6 is 0 Å². The predicted molar refractivity (Wildman–Crippen MR) is 78.7 cm³/mol. The van der Waals surface area contributed by atoms with Gasteiger partial charge in [0.1, 0.15) is 5.75 Å². The largest absolute Gasteiger partial charge is 0.550 e. The molecule has 0 unspecified atom stereocenters. The molecule has 2 rings (SSSR count). The second kappa shape index (κ2) is 7.08. The van der Waals surface area contributed by atoms with Crippen LogP contribution in [-0.4, -0.2) is 23.9 Å². The first kappa shape index (κ1) is 16.7. The van der Waals surface area contributed by atoms with Crippen LogP contribution in [-0.2, 0) is 9.59 Å². The van der Waals surface area contributed by atoms with Crippen LogP contribution in [0.5, 0.6) is 5.75 Å². The second-order valence-electron chi connectivity index (χ2n) is 5.45. The highest BCUT2D eigenvalue weighted by molar-refractivity contribution is 5.96. The van der Waals surface area contributed by atoms with Crippen molar-refractivity contribution < 1.29 is 24.4 Å². The molecule has 2 atom stereocenters. The van der Waals surface area contributed by atoms with Gasteiger partial charge in [0.25, 0.3) is 5.69 Å². The molecule has 0 radical (unpaired) electrons. The van der Waals surface area contributed by atoms with E-state index in [0.29, 0.717) is 12.8 Å². The number of ether oxygens (including phenoxy) is 1. The fourth-order valence-corrected chi connectivity index (χ4v) is 2.86. The van der Waals surface area contributed by atoms with Crippen LogP contribution in [0.4, 0.5) is 11.4 Å². The van der Waals surface area contributed by atoms with Crippen molar-refractivity contribution in [2.45, 2.75) is 25.7 Å². The van der Waals surface area contributed by atoms with Gasteiger partial charge in [-0.25, -0.2) is 0 Å². The molecule has 1 aromatic carbocycles. The highest BCUT2D eigenvalue weighted by Gasteiger charge is 2.32. The van der Waals surface area contributed by atoms with Crippen LogP contribution in [0.25, 0.3) is 0 Å². The van der Waals surface area contributed by atoms with Crippen LogP contribution in [0.2, 0.25) is 0 Å². The molecular weight excluding hydrogens is 304 g/mol. The molecule has 8 heteroatoms. The normalized spacial score (nSPS) is 20.6. The van der Waals surface area contributed by atoms with E-state index in [9.17, 15) is 24.8 Å². The number of benzene rings is 1. The van der Waals surface area contributed by atoms with Gasteiger partial charge in [0, 0.05) is 29.9 Å². The van der Waals surface area contributed by atoms with E-state index in [1.54, 1.807) is 0 Å². The van der Waals surface area contributed by atoms with Crippen molar-refractivity contribution in [2.75, 3.05) is 12.4 Å². The lowest BCUT2D eigenvalue weighted by Gasteiger charge is -2.31. The third kappa shape index (κ3) is 3.77. The maximum absolute atomic E-state index is 12.4. The Balaban J connectivity index is 2.23. The monoisotopic (exact) mass is 321 g/mol. The average Bonchev–Trinajstić information content (AvgIpc) is 2.54. The summed E-state index contributed by atoms with van der Waals surface area (Å²) in [4.78, 5) is 33.9. The van der Waals surface area contributed by atoms with Gasteiger partial charge in [-0.2, -0.15) is 0 Å². The summed E-state index contributed by atoms with van der Waals surface area (Å²) in [7, 11) is 1.38. The Morgan fingerprint density at radius 1 is 1.26 bits per heavy atom. The number of carbonyl (C=O) groups excluding carboxylic acids is 2. The zero-order chi connectivity index (χ0) is 17.0. The lowest BCUT2D eigenvalue weighted by atomic mass is 9.78. The maximum Gasteiger partial charge on any atom is 0.271 e. The number of carboxylic acid groups (broad SMARTS) is 1. The Labute approximate surface area is 132 Å². The number of non-ortho nitro benzene ring substituents is 1. The first-order valence-electron chi connectivity index (χ1n) is 7.28. The van der Waals surface area contributed by atoms with E-state index in [0.717, 1.165) is 12.8 Å². The first-order valence-corrected chi connectivity index (χ1v) is 7.28. The van der Waals surface area contributed by atoms with Crippen LogP contribution in [0, 0.1) is 22.0 Å². The molecule has 1 aliphatic rings. The fourth-order valence-electron chi connectivity index (χ4n) is 2.86. The Morgan fingerprint density at radius 2 is 1.91 bits per heavy atom. The molecule has 1 fully saturated rings. The summed E-state index contributed by atoms with van der Waals surface area (Å²) in [5.41, 5.74) is -0.0458. The Kier molecular flexibility index (Phi) is 5.15. The van der Waals surface area contributed by atoms with Gasteiger partial charge in [0.2, 0.25) is 5.91 Å². The smallest absolute Gasteiger partial charge is 0.271 e. The van der Waals surface area contributed by atoms with Gasteiger partial charge in [0.15, 0.2) is 0 Å². The summed E-state index contributed by atoms with van der Waals surface area (Å²) in [6.07, 6.45) is 2.34. The number of nitro benzene ring substituents is 1.